The van der Waals surface area contributed by atoms with Crippen molar-refractivity contribution in [2.24, 2.45) is 11.8 Å². The number of benzene rings is 3. The Morgan fingerprint density at radius 2 is 1.65 bits per heavy atom. The summed E-state index contributed by atoms with van der Waals surface area (Å²) in [6, 6.07) is 14.6. The average molecular weight is 546 g/mol. The van der Waals surface area contributed by atoms with E-state index in [1.807, 2.05) is 0 Å². The van der Waals surface area contributed by atoms with Gasteiger partial charge >= 0.3 is 0 Å². The van der Waals surface area contributed by atoms with Crippen LogP contribution in [-0.2, 0) is 9.84 Å². The normalized spacial score (nSPS) is 25.2. The molecule has 2 bridgehead atoms. The third-order valence-corrected chi connectivity index (χ3v) is 10.6. The first-order valence-electron chi connectivity index (χ1n) is 12.1. The fourth-order valence-corrected chi connectivity index (χ4v) is 8.21. The number of halogens is 3. The number of anilines is 1. The van der Waals surface area contributed by atoms with Gasteiger partial charge in [0.05, 0.1) is 20.8 Å². The number of fused-ring (bicyclic) bond motifs is 2. The van der Waals surface area contributed by atoms with Crippen molar-refractivity contribution in [1.29, 1.82) is 0 Å². The smallest absolute Gasteiger partial charge is 0.256 e. The van der Waals surface area contributed by atoms with E-state index in [4.69, 9.17) is 11.6 Å². The summed E-state index contributed by atoms with van der Waals surface area (Å²) in [5.74, 6) is -3.11. The molecule has 0 aromatic heterocycles. The van der Waals surface area contributed by atoms with E-state index in [1.54, 1.807) is 37.3 Å². The predicted octanol–water partition coefficient (Wildman–Crippen LogP) is 6.25. The highest BCUT2D eigenvalue weighted by atomic mass is 35.5. The Labute approximate surface area is 219 Å². The molecule has 2 aliphatic rings. The largest absolute Gasteiger partial charge is 0.390 e. The highest BCUT2D eigenvalue weighted by molar-refractivity contribution is 7.92. The summed E-state index contributed by atoms with van der Waals surface area (Å²) < 4.78 is 54.7. The first kappa shape index (κ1) is 25.8. The molecule has 0 aliphatic heterocycles. The van der Waals surface area contributed by atoms with E-state index in [0.717, 1.165) is 25.0 Å². The van der Waals surface area contributed by atoms with Gasteiger partial charge in [0.1, 0.15) is 0 Å². The van der Waals surface area contributed by atoms with Gasteiger partial charge in [0, 0.05) is 17.3 Å². The molecule has 37 heavy (non-hydrogen) atoms. The zero-order valence-corrected chi connectivity index (χ0v) is 21.6. The zero-order valence-electron chi connectivity index (χ0n) is 20.0. The van der Waals surface area contributed by atoms with Crippen LogP contribution in [0.3, 0.4) is 0 Å². The molecule has 3 aromatic carbocycles. The Balaban J connectivity index is 1.57. The lowest BCUT2D eigenvalue weighted by molar-refractivity contribution is -0.0413. The molecule has 2 saturated carbocycles. The topological polar surface area (TPSA) is 83.5 Å². The second-order valence-corrected chi connectivity index (χ2v) is 12.7. The molecule has 3 unspecified atom stereocenters. The Morgan fingerprint density at radius 3 is 2.27 bits per heavy atom. The van der Waals surface area contributed by atoms with Crippen molar-refractivity contribution in [2.75, 3.05) is 5.32 Å². The van der Waals surface area contributed by atoms with E-state index in [0.29, 0.717) is 24.0 Å². The minimum Gasteiger partial charge on any atom is -0.390 e. The number of rotatable bonds is 5. The van der Waals surface area contributed by atoms with Gasteiger partial charge in [-0.05, 0) is 79.8 Å². The molecule has 0 heterocycles. The highest BCUT2D eigenvalue weighted by Crippen LogP contribution is 2.52. The van der Waals surface area contributed by atoms with Crippen LogP contribution in [0.15, 0.2) is 65.6 Å². The van der Waals surface area contributed by atoms with Crippen LogP contribution >= 0.6 is 11.6 Å². The van der Waals surface area contributed by atoms with Gasteiger partial charge in [-0.15, -0.1) is 0 Å². The molecule has 2 aliphatic carbocycles. The fraction of sp³-hybridized carbons (Fsp3) is 0.321. The van der Waals surface area contributed by atoms with Crippen LogP contribution < -0.4 is 5.32 Å². The summed E-state index contributed by atoms with van der Waals surface area (Å²) >= 11 is 6.55. The van der Waals surface area contributed by atoms with Crippen molar-refractivity contribution in [3.05, 3.63) is 82.9 Å². The Hall–Kier alpha value is -2.81. The first-order chi connectivity index (χ1) is 17.5. The van der Waals surface area contributed by atoms with E-state index in [-0.39, 0.29) is 33.0 Å². The lowest BCUT2D eigenvalue weighted by Gasteiger charge is -2.40. The molecule has 5 nitrogen and oxygen atoms in total. The van der Waals surface area contributed by atoms with Crippen molar-refractivity contribution in [3.8, 4) is 11.1 Å². The summed E-state index contributed by atoms with van der Waals surface area (Å²) in [7, 11) is -3.94. The van der Waals surface area contributed by atoms with Crippen molar-refractivity contribution < 1.29 is 27.1 Å². The molecule has 4 atom stereocenters. The number of aliphatic hydroxyl groups is 1. The second kappa shape index (κ2) is 9.49. The van der Waals surface area contributed by atoms with Crippen LogP contribution in [0.4, 0.5) is 14.5 Å². The molecule has 9 heteroatoms. The van der Waals surface area contributed by atoms with Crippen LogP contribution in [0.2, 0.25) is 5.02 Å². The summed E-state index contributed by atoms with van der Waals surface area (Å²) in [5.41, 5.74) is 0.201. The molecule has 0 radical (unpaired) electrons. The monoisotopic (exact) mass is 545 g/mol. The maximum atomic E-state index is 13.8. The van der Waals surface area contributed by atoms with Gasteiger partial charge in [0.2, 0.25) is 0 Å². The Bertz CT molecular complexity index is 1460. The van der Waals surface area contributed by atoms with Crippen molar-refractivity contribution in [1.82, 2.24) is 0 Å². The quantitative estimate of drug-likeness (QED) is 0.397. The summed E-state index contributed by atoms with van der Waals surface area (Å²) in [6.07, 6.45) is 2.18. The Kier molecular flexibility index (Phi) is 6.63. The van der Waals surface area contributed by atoms with Gasteiger partial charge in [-0.3, -0.25) is 4.79 Å². The molecular formula is C28H26ClF2NO4S. The van der Waals surface area contributed by atoms with E-state index < -0.39 is 38.2 Å². The molecule has 0 spiro atoms. The Morgan fingerprint density at radius 1 is 1.00 bits per heavy atom. The SMILES string of the molecule is CC1(O)C2CC[C@H]1CC(S(=O)(=O)c1cc(C(=O)Nc3ccc(F)c(F)c3)c(-c3ccccc3)cc1Cl)C2. The second-order valence-electron chi connectivity index (χ2n) is 10.1. The predicted molar refractivity (Wildman–Crippen MR) is 138 cm³/mol. The molecule has 2 fully saturated rings. The summed E-state index contributed by atoms with van der Waals surface area (Å²) in [4.78, 5) is 13.2. The molecule has 5 rings (SSSR count). The van der Waals surface area contributed by atoms with E-state index in [1.165, 1.54) is 18.2 Å². The third-order valence-electron chi connectivity index (χ3n) is 7.94. The fourth-order valence-electron chi connectivity index (χ4n) is 5.79. The minimum atomic E-state index is -3.94. The highest BCUT2D eigenvalue weighted by Gasteiger charge is 2.53. The number of nitrogens with one attached hydrogen (secondary N) is 1. The van der Waals surface area contributed by atoms with Crippen molar-refractivity contribution in [3.63, 3.8) is 0 Å². The van der Waals surface area contributed by atoms with Gasteiger partial charge in [0.25, 0.3) is 5.91 Å². The van der Waals surface area contributed by atoms with Crippen molar-refractivity contribution >= 4 is 33.0 Å². The van der Waals surface area contributed by atoms with E-state index in [9.17, 15) is 27.1 Å². The van der Waals surface area contributed by atoms with Crippen LogP contribution in [0.25, 0.3) is 11.1 Å². The molecule has 1 amide bonds. The zero-order chi connectivity index (χ0) is 26.5. The van der Waals surface area contributed by atoms with Gasteiger partial charge in [-0.1, -0.05) is 41.9 Å². The molecule has 194 valence electrons. The molecular weight excluding hydrogens is 520 g/mol. The molecule has 2 N–H and O–H groups in total. The number of carbonyl (C=O) groups is 1. The number of sulfone groups is 1. The number of carbonyl (C=O) groups excluding carboxylic acids is 1. The number of hydrogen-bond acceptors (Lipinski definition) is 4. The standard InChI is InChI=1S/C28H26ClF2NO4S/c1-28(34)17-7-8-18(28)12-20(11-17)37(35,36)26-15-22(21(14-23(26)29)16-5-3-2-4-6-16)27(33)32-19-9-10-24(30)25(31)13-19/h2-6,9-10,13-15,17-18,20,34H,7-8,11-12H2,1H3,(H,32,33)/t17-,18?,20?,28?/m0/s1. The van der Waals surface area contributed by atoms with Crippen LogP contribution in [0.5, 0.6) is 0 Å². The van der Waals surface area contributed by atoms with Crippen molar-refractivity contribution in [2.45, 2.75) is 48.4 Å². The van der Waals surface area contributed by atoms with E-state index in [2.05, 4.69) is 5.32 Å². The number of hydrogen-bond donors (Lipinski definition) is 2. The van der Waals surface area contributed by atoms with Crippen LogP contribution in [-0.4, -0.2) is 30.3 Å². The van der Waals surface area contributed by atoms with E-state index >= 15 is 0 Å². The maximum Gasteiger partial charge on any atom is 0.256 e. The van der Waals surface area contributed by atoms with Crippen LogP contribution in [0, 0.1) is 23.5 Å². The maximum absolute atomic E-state index is 13.8. The lowest BCUT2D eigenvalue weighted by atomic mass is 9.76. The summed E-state index contributed by atoms with van der Waals surface area (Å²) in [5, 5.41) is 12.6. The third kappa shape index (κ3) is 4.67. The van der Waals surface area contributed by atoms with Gasteiger partial charge in [-0.2, -0.15) is 0 Å². The van der Waals surface area contributed by atoms with Gasteiger partial charge in [0.15, 0.2) is 21.5 Å². The minimum absolute atomic E-state index is 0.00656. The summed E-state index contributed by atoms with van der Waals surface area (Å²) in [6.45, 7) is 1.78. The number of amides is 1. The average Bonchev–Trinajstić information content (AvgIpc) is 3.02. The molecule has 0 saturated heterocycles. The van der Waals surface area contributed by atoms with Crippen LogP contribution in [0.1, 0.15) is 43.0 Å². The van der Waals surface area contributed by atoms with Gasteiger partial charge in [-0.25, -0.2) is 17.2 Å². The first-order valence-corrected chi connectivity index (χ1v) is 14.0. The molecule has 3 aromatic rings. The van der Waals surface area contributed by atoms with Gasteiger partial charge < -0.3 is 10.4 Å². The lowest BCUT2D eigenvalue weighted by Crippen LogP contribution is -2.45.